The van der Waals surface area contributed by atoms with Crippen LogP contribution in [0.2, 0.25) is 0 Å². The van der Waals surface area contributed by atoms with Crippen LogP contribution in [0.1, 0.15) is 11.1 Å². The first-order chi connectivity index (χ1) is 12.9. The molecular weight excluding hydrogens is 424 g/mol. The van der Waals surface area contributed by atoms with Crippen molar-refractivity contribution in [2.45, 2.75) is 6.42 Å². The summed E-state index contributed by atoms with van der Waals surface area (Å²) in [5, 5.41) is 10.5. The minimum Gasteiger partial charge on any atom is -0.403 e. The van der Waals surface area contributed by atoms with Crippen molar-refractivity contribution in [2.24, 2.45) is 12.8 Å². The Morgan fingerprint density at radius 3 is 2.81 bits per heavy atom. The number of aryl methyl sites for hydroxylation is 1. The molecule has 2 aromatic heterocycles. The van der Waals surface area contributed by atoms with Gasteiger partial charge in [-0.15, -0.1) is 5.10 Å². The Hall–Kier alpha value is -2.59. The van der Waals surface area contributed by atoms with E-state index in [-0.39, 0.29) is 35.0 Å². The Morgan fingerprint density at radius 1 is 1.33 bits per heavy atom. The number of anilines is 1. The summed E-state index contributed by atoms with van der Waals surface area (Å²) in [5.74, 6) is -1.50. The second-order valence-corrected chi connectivity index (χ2v) is 6.71. The maximum absolute atomic E-state index is 14.7. The van der Waals surface area contributed by atoms with Crippen molar-refractivity contribution in [3.05, 3.63) is 62.0 Å². The van der Waals surface area contributed by atoms with Gasteiger partial charge in [-0.25, -0.2) is 8.78 Å². The Kier molecular flexibility index (Phi) is 5.66. The maximum Gasteiger partial charge on any atom is 0.315 e. The van der Waals surface area contributed by atoms with Gasteiger partial charge in [-0.1, -0.05) is 27.1 Å². The van der Waals surface area contributed by atoms with Crippen LogP contribution in [-0.4, -0.2) is 27.9 Å². The highest BCUT2D eigenvalue weighted by molar-refractivity contribution is 9.10. The third-order valence-corrected chi connectivity index (χ3v) is 4.37. The lowest BCUT2D eigenvalue weighted by Crippen LogP contribution is -2.22. The molecule has 0 aliphatic carbocycles. The van der Waals surface area contributed by atoms with Crippen LogP contribution in [0, 0.1) is 11.6 Å². The van der Waals surface area contributed by atoms with Gasteiger partial charge in [0.2, 0.25) is 0 Å². The summed E-state index contributed by atoms with van der Waals surface area (Å²) in [6.07, 6.45) is 1.24. The highest BCUT2D eigenvalue weighted by atomic mass is 79.9. The number of pyridine rings is 1. The van der Waals surface area contributed by atoms with Crippen LogP contribution in [0.15, 0.2) is 38.1 Å². The molecule has 0 aliphatic heterocycles. The summed E-state index contributed by atoms with van der Waals surface area (Å²) >= 11 is 3.18. The van der Waals surface area contributed by atoms with Crippen molar-refractivity contribution in [2.75, 3.05) is 18.4 Å². The first-order valence-corrected chi connectivity index (χ1v) is 8.79. The number of aromatic nitrogens is 3. The fourth-order valence-corrected chi connectivity index (χ4v) is 2.86. The fourth-order valence-electron chi connectivity index (χ4n) is 2.53. The van der Waals surface area contributed by atoms with E-state index >= 15 is 0 Å². The van der Waals surface area contributed by atoms with E-state index in [4.69, 9.17) is 10.2 Å². The first kappa shape index (κ1) is 19.2. The van der Waals surface area contributed by atoms with Gasteiger partial charge in [0.15, 0.2) is 5.82 Å². The molecular formula is C17H16BrF2N5O2. The molecule has 0 saturated carbocycles. The average molecular weight is 440 g/mol. The van der Waals surface area contributed by atoms with Crippen LogP contribution < -0.4 is 16.6 Å². The Morgan fingerprint density at radius 2 is 2.11 bits per heavy atom. The highest BCUT2D eigenvalue weighted by Gasteiger charge is 2.21. The van der Waals surface area contributed by atoms with Crippen LogP contribution >= 0.6 is 15.9 Å². The molecule has 10 heteroatoms. The smallest absolute Gasteiger partial charge is 0.315 e. The van der Waals surface area contributed by atoms with Gasteiger partial charge in [-0.05, 0) is 17.7 Å². The molecule has 0 fully saturated rings. The van der Waals surface area contributed by atoms with Gasteiger partial charge in [-0.2, -0.15) is 0 Å². The topological polar surface area (TPSA) is 99.0 Å². The number of hydrogen-bond acceptors (Lipinski definition) is 6. The minimum atomic E-state index is -0.994. The van der Waals surface area contributed by atoms with Crippen LogP contribution in [0.3, 0.4) is 0 Å². The van der Waals surface area contributed by atoms with Crippen molar-refractivity contribution in [3.8, 4) is 11.5 Å². The molecule has 2 heterocycles. The highest BCUT2D eigenvalue weighted by Crippen LogP contribution is 2.28. The molecule has 0 aliphatic rings. The number of benzene rings is 1. The number of halogens is 3. The lowest BCUT2D eigenvalue weighted by atomic mass is 10.0. The number of nitrogens with one attached hydrogen (secondary N) is 1. The summed E-state index contributed by atoms with van der Waals surface area (Å²) in [4.78, 5) is 12.0. The van der Waals surface area contributed by atoms with Gasteiger partial charge in [0.25, 0.3) is 11.4 Å². The molecule has 0 saturated heterocycles. The van der Waals surface area contributed by atoms with Gasteiger partial charge in [0.05, 0.1) is 5.56 Å². The summed E-state index contributed by atoms with van der Waals surface area (Å²) < 4.78 is 36.1. The predicted octanol–water partition coefficient (Wildman–Crippen LogP) is 2.44. The standard InChI is InChI=1S/C17H16BrF2N5O2/c1-25-8-12(15-23-24-17(27-15)22-5-4-21)11(14(20)16(25)26)6-9-2-3-10(18)7-13(9)19/h2-3,7-8H,4-6,21H2,1H3,(H,22,24). The largest absolute Gasteiger partial charge is 0.403 e. The van der Waals surface area contributed by atoms with Crippen LogP contribution in [-0.2, 0) is 13.5 Å². The second kappa shape index (κ2) is 7.97. The molecule has 3 aromatic rings. The van der Waals surface area contributed by atoms with Crippen LogP contribution in [0.5, 0.6) is 0 Å². The molecule has 3 N–H and O–H groups in total. The lowest BCUT2D eigenvalue weighted by molar-refractivity contribution is 0.559. The van der Waals surface area contributed by atoms with Crippen molar-refractivity contribution in [3.63, 3.8) is 0 Å². The lowest BCUT2D eigenvalue weighted by Gasteiger charge is -2.11. The van der Waals surface area contributed by atoms with E-state index in [0.29, 0.717) is 17.6 Å². The van der Waals surface area contributed by atoms with Gasteiger partial charge in [0, 0.05) is 42.8 Å². The van der Waals surface area contributed by atoms with Crippen molar-refractivity contribution >= 4 is 21.9 Å². The molecule has 0 bridgehead atoms. The quantitative estimate of drug-likeness (QED) is 0.611. The molecule has 0 unspecified atom stereocenters. The molecule has 1 aromatic carbocycles. The van der Waals surface area contributed by atoms with Gasteiger partial charge < -0.3 is 20.0 Å². The van der Waals surface area contributed by atoms with Crippen molar-refractivity contribution < 1.29 is 13.2 Å². The number of rotatable bonds is 6. The maximum atomic E-state index is 14.7. The zero-order valence-corrected chi connectivity index (χ0v) is 15.9. The SMILES string of the molecule is Cn1cc(-c2nnc(NCCN)o2)c(Cc2ccc(Br)cc2F)c(F)c1=O. The van der Waals surface area contributed by atoms with Crippen molar-refractivity contribution in [1.29, 1.82) is 0 Å². The van der Waals surface area contributed by atoms with Gasteiger partial charge in [0.1, 0.15) is 5.82 Å². The minimum absolute atomic E-state index is 0.0107. The Labute approximate surface area is 161 Å². The van der Waals surface area contributed by atoms with E-state index < -0.39 is 17.2 Å². The Balaban J connectivity index is 2.08. The molecule has 0 radical (unpaired) electrons. The summed E-state index contributed by atoms with van der Waals surface area (Å²) in [6.45, 7) is 0.778. The van der Waals surface area contributed by atoms with Gasteiger partial charge >= 0.3 is 6.01 Å². The van der Waals surface area contributed by atoms with E-state index in [9.17, 15) is 13.6 Å². The molecule has 142 valence electrons. The van der Waals surface area contributed by atoms with E-state index in [1.54, 1.807) is 6.07 Å². The van der Waals surface area contributed by atoms with E-state index in [0.717, 1.165) is 4.57 Å². The number of nitrogens with zero attached hydrogens (tertiary/aromatic N) is 3. The number of hydrogen-bond donors (Lipinski definition) is 2. The van der Waals surface area contributed by atoms with Gasteiger partial charge in [-0.3, -0.25) is 4.79 Å². The predicted molar refractivity (Wildman–Crippen MR) is 99.4 cm³/mol. The molecule has 0 spiro atoms. The van der Waals surface area contributed by atoms with Crippen LogP contribution in [0.4, 0.5) is 14.8 Å². The summed E-state index contributed by atoms with van der Waals surface area (Å²) in [7, 11) is 1.41. The summed E-state index contributed by atoms with van der Waals surface area (Å²) in [5.41, 5.74) is 5.00. The first-order valence-electron chi connectivity index (χ1n) is 8.00. The Bertz CT molecular complexity index is 1030. The van der Waals surface area contributed by atoms with E-state index in [1.807, 2.05) is 0 Å². The zero-order chi connectivity index (χ0) is 19.6. The monoisotopic (exact) mass is 439 g/mol. The van der Waals surface area contributed by atoms with Crippen LogP contribution in [0.25, 0.3) is 11.5 Å². The average Bonchev–Trinajstić information content (AvgIpc) is 3.10. The van der Waals surface area contributed by atoms with E-state index in [2.05, 4.69) is 31.4 Å². The fraction of sp³-hybridized carbons (Fsp3) is 0.235. The third-order valence-electron chi connectivity index (χ3n) is 3.88. The number of nitrogens with two attached hydrogens (primary N) is 1. The molecule has 27 heavy (non-hydrogen) atoms. The van der Waals surface area contributed by atoms with Crippen molar-refractivity contribution in [1.82, 2.24) is 14.8 Å². The normalized spacial score (nSPS) is 11.0. The summed E-state index contributed by atoms with van der Waals surface area (Å²) in [6, 6.07) is 4.54. The second-order valence-electron chi connectivity index (χ2n) is 5.79. The molecule has 7 nitrogen and oxygen atoms in total. The van der Waals surface area contributed by atoms with E-state index in [1.165, 1.54) is 25.4 Å². The zero-order valence-electron chi connectivity index (χ0n) is 14.3. The molecule has 0 atom stereocenters. The molecule has 3 rings (SSSR count). The third kappa shape index (κ3) is 4.06. The molecule has 0 amide bonds.